The van der Waals surface area contributed by atoms with Gasteiger partial charge in [-0.2, -0.15) is 0 Å². The van der Waals surface area contributed by atoms with Gasteiger partial charge in [0.05, 0.1) is 0 Å². The molecule has 0 aliphatic carbocycles. The van der Waals surface area contributed by atoms with Crippen LogP contribution in [0.15, 0.2) is 24.5 Å². The van der Waals surface area contributed by atoms with E-state index in [1.807, 2.05) is 19.2 Å². The molecule has 0 fully saturated rings. The number of carbonyl (C=O) groups excluding carboxylic acids is 1. The van der Waals surface area contributed by atoms with E-state index < -0.39 is 0 Å². The Balaban J connectivity index is 2.80. The van der Waals surface area contributed by atoms with Crippen LogP contribution in [0.25, 0.3) is 6.08 Å². The molecule has 3 nitrogen and oxygen atoms in total. The minimum Gasteiger partial charge on any atom is -0.316 e. The number of aldehydes is 1. The van der Waals surface area contributed by atoms with Crippen LogP contribution in [0.4, 0.5) is 0 Å². The van der Waals surface area contributed by atoms with Crippen LogP contribution in [-0.4, -0.2) is 24.9 Å². The molecule has 0 amide bonds. The molecule has 0 aliphatic rings. The summed E-state index contributed by atoms with van der Waals surface area (Å²) in [6.07, 6.45) is 7.95. The lowest BCUT2D eigenvalue weighted by atomic mass is 10.1. The van der Waals surface area contributed by atoms with E-state index in [1.165, 1.54) is 0 Å². The predicted molar refractivity (Wildman–Crippen MR) is 52.6 cm³/mol. The van der Waals surface area contributed by atoms with Gasteiger partial charge in [0, 0.05) is 30.1 Å². The van der Waals surface area contributed by atoms with Gasteiger partial charge in [0.25, 0.3) is 0 Å². The smallest absolute Gasteiger partial charge is 0.150 e. The van der Waals surface area contributed by atoms with Crippen molar-refractivity contribution < 1.29 is 4.79 Å². The van der Waals surface area contributed by atoms with Crippen molar-refractivity contribution in [1.29, 1.82) is 0 Å². The highest BCUT2D eigenvalue weighted by Gasteiger charge is 1.95. The zero-order valence-electron chi connectivity index (χ0n) is 7.53. The first kappa shape index (κ1) is 9.61. The molecule has 68 valence electrons. The van der Waals surface area contributed by atoms with E-state index in [4.69, 9.17) is 0 Å². The molecule has 0 saturated heterocycles. The monoisotopic (exact) mass is 176 g/mol. The van der Waals surface area contributed by atoms with Gasteiger partial charge in [0.1, 0.15) is 0 Å². The van der Waals surface area contributed by atoms with Crippen LogP contribution in [0.3, 0.4) is 0 Å². The first-order valence-electron chi connectivity index (χ1n) is 4.09. The van der Waals surface area contributed by atoms with Gasteiger partial charge in [0.15, 0.2) is 6.29 Å². The fourth-order valence-corrected chi connectivity index (χ4v) is 0.968. The van der Waals surface area contributed by atoms with Crippen molar-refractivity contribution >= 4 is 12.4 Å². The molecule has 0 spiro atoms. The van der Waals surface area contributed by atoms with Crippen LogP contribution in [0.1, 0.15) is 15.9 Å². The highest BCUT2D eigenvalue weighted by atomic mass is 16.1. The van der Waals surface area contributed by atoms with Crippen molar-refractivity contribution in [1.82, 2.24) is 10.3 Å². The van der Waals surface area contributed by atoms with Crippen LogP contribution < -0.4 is 5.32 Å². The van der Waals surface area contributed by atoms with Gasteiger partial charge in [-0.25, -0.2) is 0 Å². The van der Waals surface area contributed by atoms with Gasteiger partial charge >= 0.3 is 0 Å². The van der Waals surface area contributed by atoms with Crippen molar-refractivity contribution in [2.75, 3.05) is 13.6 Å². The molecule has 0 atom stereocenters. The summed E-state index contributed by atoms with van der Waals surface area (Å²) in [5, 5.41) is 2.98. The third-order valence-corrected chi connectivity index (χ3v) is 1.63. The topological polar surface area (TPSA) is 42.0 Å². The molecule has 1 heterocycles. The summed E-state index contributed by atoms with van der Waals surface area (Å²) in [6.45, 7) is 0.785. The van der Waals surface area contributed by atoms with Crippen molar-refractivity contribution in [2.24, 2.45) is 0 Å². The average Bonchev–Trinajstić information content (AvgIpc) is 2.19. The Hall–Kier alpha value is -1.48. The number of pyridine rings is 1. The van der Waals surface area contributed by atoms with Crippen LogP contribution in [-0.2, 0) is 0 Å². The Morgan fingerprint density at radius 2 is 2.38 bits per heavy atom. The van der Waals surface area contributed by atoms with Gasteiger partial charge in [-0.3, -0.25) is 9.78 Å². The second kappa shape index (κ2) is 5.22. The Labute approximate surface area is 77.5 Å². The molecule has 1 N–H and O–H groups in total. The minimum absolute atomic E-state index is 0.669. The summed E-state index contributed by atoms with van der Waals surface area (Å²) in [4.78, 5) is 14.5. The van der Waals surface area contributed by atoms with E-state index in [1.54, 1.807) is 18.5 Å². The zero-order chi connectivity index (χ0) is 9.52. The number of likely N-dealkylation sites (N-methyl/N-ethyl adjacent to an activating group) is 1. The van der Waals surface area contributed by atoms with Crippen molar-refractivity contribution in [3.63, 3.8) is 0 Å². The Morgan fingerprint density at radius 1 is 1.54 bits per heavy atom. The molecule has 0 aliphatic heterocycles. The SMILES string of the molecule is CNCC=Cc1cnccc1C=O. The summed E-state index contributed by atoms with van der Waals surface area (Å²) < 4.78 is 0. The highest BCUT2D eigenvalue weighted by Crippen LogP contribution is 2.05. The van der Waals surface area contributed by atoms with Gasteiger partial charge in [0.2, 0.25) is 0 Å². The maximum Gasteiger partial charge on any atom is 0.150 e. The number of hydrogen-bond acceptors (Lipinski definition) is 3. The average molecular weight is 176 g/mol. The van der Waals surface area contributed by atoms with E-state index in [9.17, 15) is 4.79 Å². The molecule has 1 aromatic heterocycles. The van der Waals surface area contributed by atoms with E-state index in [-0.39, 0.29) is 0 Å². The molecule has 0 aromatic carbocycles. The summed E-state index contributed by atoms with van der Waals surface area (Å²) in [6, 6.07) is 1.70. The van der Waals surface area contributed by atoms with Gasteiger partial charge in [-0.1, -0.05) is 12.2 Å². The molecule has 0 unspecified atom stereocenters. The van der Waals surface area contributed by atoms with Crippen LogP contribution in [0.2, 0.25) is 0 Å². The third kappa shape index (κ3) is 2.80. The number of nitrogens with zero attached hydrogens (tertiary/aromatic N) is 1. The number of aromatic nitrogens is 1. The molecule has 1 rings (SSSR count). The molecule has 3 heteroatoms. The van der Waals surface area contributed by atoms with Crippen molar-refractivity contribution in [3.8, 4) is 0 Å². The minimum atomic E-state index is 0.669. The third-order valence-electron chi connectivity index (χ3n) is 1.63. The quantitative estimate of drug-likeness (QED) is 0.699. The molecular weight excluding hydrogens is 164 g/mol. The lowest BCUT2D eigenvalue weighted by Gasteiger charge is -1.96. The molecular formula is C10H12N2O. The fraction of sp³-hybridized carbons (Fsp3) is 0.200. The van der Waals surface area contributed by atoms with Crippen LogP contribution >= 0.6 is 0 Å². The van der Waals surface area contributed by atoms with Gasteiger partial charge < -0.3 is 5.32 Å². The molecule has 1 aromatic rings. The summed E-state index contributed by atoms with van der Waals surface area (Å²) in [7, 11) is 1.87. The zero-order valence-corrected chi connectivity index (χ0v) is 7.53. The normalized spacial score (nSPS) is 10.5. The Bertz CT molecular complexity index is 308. The highest BCUT2D eigenvalue weighted by molar-refractivity contribution is 5.81. The van der Waals surface area contributed by atoms with E-state index in [0.29, 0.717) is 5.56 Å². The van der Waals surface area contributed by atoms with Gasteiger partial charge in [-0.05, 0) is 13.1 Å². The number of hydrogen-bond donors (Lipinski definition) is 1. The molecule has 0 radical (unpaired) electrons. The standard InChI is InChI=1S/C10H12N2O/c1-11-5-2-3-9-7-12-6-4-10(9)8-13/h2-4,6-8,11H,5H2,1H3. The first-order valence-corrected chi connectivity index (χ1v) is 4.09. The van der Waals surface area contributed by atoms with Crippen LogP contribution in [0.5, 0.6) is 0 Å². The van der Waals surface area contributed by atoms with E-state index in [2.05, 4.69) is 10.3 Å². The Kier molecular flexibility index (Phi) is 3.85. The predicted octanol–water partition coefficient (Wildman–Crippen LogP) is 1.13. The molecule has 0 bridgehead atoms. The summed E-state index contributed by atoms with van der Waals surface area (Å²) in [5.74, 6) is 0. The second-order valence-corrected chi connectivity index (χ2v) is 2.58. The Morgan fingerprint density at radius 3 is 3.08 bits per heavy atom. The number of carbonyl (C=O) groups is 1. The maximum absolute atomic E-state index is 10.6. The maximum atomic E-state index is 10.6. The molecule has 13 heavy (non-hydrogen) atoms. The van der Waals surface area contributed by atoms with E-state index in [0.717, 1.165) is 18.4 Å². The number of rotatable bonds is 4. The largest absolute Gasteiger partial charge is 0.316 e. The molecule has 0 saturated carbocycles. The number of nitrogens with one attached hydrogen (secondary N) is 1. The van der Waals surface area contributed by atoms with Crippen LogP contribution in [0, 0.1) is 0 Å². The second-order valence-electron chi connectivity index (χ2n) is 2.58. The van der Waals surface area contributed by atoms with Crippen molar-refractivity contribution in [3.05, 3.63) is 35.7 Å². The van der Waals surface area contributed by atoms with E-state index >= 15 is 0 Å². The lowest BCUT2D eigenvalue weighted by molar-refractivity contribution is 0.112. The lowest BCUT2D eigenvalue weighted by Crippen LogP contribution is -2.03. The fourth-order valence-electron chi connectivity index (χ4n) is 0.968. The summed E-state index contributed by atoms with van der Waals surface area (Å²) >= 11 is 0. The summed E-state index contributed by atoms with van der Waals surface area (Å²) in [5.41, 5.74) is 1.52. The van der Waals surface area contributed by atoms with Crippen molar-refractivity contribution in [2.45, 2.75) is 0 Å². The van der Waals surface area contributed by atoms with Gasteiger partial charge in [-0.15, -0.1) is 0 Å². The first-order chi connectivity index (χ1) is 6.38.